The van der Waals surface area contributed by atoms with Gasteiger partial charge in [-0.2, -0.15) is 5.10 Å². The molecule has 28 heavy (non-hydrogen) atoms. The minimum Gasteiger partial charge on any atom is -0.356 e. The summed E-state index contributed by atoms with van der Waals surface area (Å²) in [5.41, 5.74) is 5.91. The molecule has 148 valence electrons. The molecule has 2 heterocycles. The van der Waals surface area contributed by atoms with Gasteiger partial charge in [0.1, 0.15) is 5.82 Å². The molecule has 0 aliphatic carbocycles. The van der Waals surface area contributed by atoms with Crippen LogP contribution in [-0.2, 0) is 11.2 Å². The fraction of sp³-hybridized carbons (Fsp3) is 0.409. The van der Waals surface area contributed by atoms with Gasteiger partial charge >= 0.3 is 0 Å². The van der Waals surface area contributed by atoms with Gasteiger partial charge in [-0.1, -0.05) is 26.0 Å². The van der Waals surface area contributed by atoms with E-state index in [0.717, 1.165) is 45.8 Å². The Labute approximate surface area is 165 Å². The zero-order valence-corrected chi connectivity index (χ0v) is 17.1. The minimum absolute atomic E-state index is 0.00404. The van der Waals surface area contributed by atoms with E-state index in [0.29, 0.717) is 12.5 Å². The highest BCUT2D eigenvalue weighted by molar-refractivity contribution is 5.82. The lowest BCUT2D eigenvalue weighted by molar-refractivity contribution is -0.120. The zero-order valence-electron chi connectivity index (χ0n) is 17.1. The van der Waals surface area contributed by atoms with E-state index in [-0.39, 0.29) is 18.1 Å². The summed E-state index contributed by atoms with van der Waals surface area (Å²) in [5.74, 6) is 0.276. The summed E-state index contributed by atoms with van der Waals surface area (Å²) in [7, 11) is 0. The Hall–Kier alpha value is -2.76. The molecule has 0 atom stereocenters. The van der Waals surface area contributed by atoms with Crippen molar-refractivity contribution >= 4 is 11.6 Å². The molecule has 2 aromatic heterocycles. The van der Waals surface area contributed by atoms with Crippen LogP contribution in [0.25, 0.3) is 16.8 Å². The molecule has 0 aliphatic rings. The van der Waals surface area contributed by atoms with E-state index in [1.807, 2.05) is 20.8 Å². The molecule has 0 aliphatic heterocycles. The predicted molar refractivity (Wildman–Crippen MR) is 109 cm³/mol. The first-order chi connectivity index (χ1) is 13.3. The van der Waals surface area contributed by atoms with Gasteiger partial charge in [0.25, 0.3) is 0 Å². The monoisotopic (exact) mass is 382 g/mol. The maximum absolute atomic E-state index is 13.3. The molecule has 1 amide bonds. The molecule has 0 saturated heterocycles. The Morgan fingerprint density at radius 1 is 1.14 bits per heavy atom. The highest BCUT2D eigenvalue weighted by Crippen LogP contribution is 2.29. The quantitative estimate of drug-likeness (QED) is 0.696. The fourth-order valence-electron chi connectivity index (χ4n) is 3.40. The molecule has 1 N–H and O–H groups in total. The number of nitrogens with one attached hydrogen (secondary N) is 1. The Morgan fingerprint density at radius 3 is 2.46 bits per heavy atom. The lowest BCUT2D eigenvalue weighted by Gasteiger charge is -2.12. The van der Waals surface area contributed by atoms with Gasteiger partial charge in [-0.25, -0.2) is 13.9 Å². The molecule has 0 spiro atoms. The van der Waals surface area contributed by atoms with Crippen LogP contribution in [0.1, 0.15) is 42.9 Å². The van der Waals surface area contributed by atoms with Crippen LogP contribution >= 0.6 is 0 Å². The van der Waals surface area contributed by atoms with Crippen molar-refractivity contribution in [2.45, 2.75) is 47.5 Å². The number of fused-ring (bicyclic) bond motifs is 1. The number of rotatable bonds is 6. The topological polar surface area (TPSA) is 59.3 Å². The second kappa shape index (κ2) is 8.09. The Morgan fingerprint density at radius 2 is 1.82 bits per heavy atom. The van der Waals surface area contributed by atoms with Crippen molar-refractivity contribution in [1.29, 1.82) is 0 Å². The Balaban J connectivity index is 1.95. The molecule has 0 saturated carbocycles. The van der Waals surface area contributed by atoms with Gasteiger partial charge in [-0.3, -0.25) is 4.79 Å². The number of halogens is 1. The third-order valence-electron chi connectivity index (χ3n) is 5.01. The minimum atomic E-state index is -0.274. The van der Waals surface area contributed by atoms with Gasteiger partial charge in [-0.05, 0) is 50.8 Å². The smallest absolute Gasteiger partial charge is 0.224 e. The highest BCUT2D eigenvalue weighted by Gasteiger charge is 2.19. The summed E-state index contributed by atoms with van der Waals surface area (Å²) in [5, 5.41) is 7.62. The maximum Gasteiger partial charge on any atom is 0.224 e. The summed E-state index contributed by atoms with van der Waals surface area (Å²) >= 11 is 0. The molecule has 6 heteroatoms. The Kier molecular flexibility index (Phi) is 5.77. The van der Waals surface area contributed by atoms with Crippen LogP contribution in [0.3, 0.4) is 0 Å². The van der Waals surface area contributed by atoms with E-state index >= 15 is 0 Å². The largest absolute Gasteiger partial charge is 0.356 e. The van der Waals surface area contributed by atoms with Crippen molar-refractivity contribution in [1.82, 2.24) is 19.9 Å². The molecule has 0 unspecified atom stereocenters. The van der Waals surface area contributed by atoms with Gasteiger partial charge < -0.3 is 5.32 Å². The second-order valence-corrected chi connectivity index (χ2v) is 7.67. The van der Waals surface area contributed by atoms with E-state index in [4.69, 9.17) is 4.98 Å². The van der Waals surface area contributed by atoms with Crippen molar-refractivity contribution in [3.05, 3.63) is 52.7 Å². The fourth-order valence-corrected chi connectivity index (χ4v) is 3.40. The van der Waals surface area contributed by atoms with Crippen molar-refractivity contribution in [2.75, 3.05) is 6.54 Å². The van der Waals surface area contributed by atoms with Gasteiger partial charge in [0.15, 0.2) is 5.65 Å². The summed E-state index contributed by atoms with van der Waals surface area (Å²) in [6, 6.07) is 6.35. The second-order valence-electron chi connectivity index (χ2n) is 7.67. The van der Waals surface area contributed by atoms with Crippen LogP contribution in [0.2, 0.25) is 0 Å². The first-order valence-corrected chi connectivity index (χ1v) is 9.66. The standard InChI is InChI=1S/C22H27FN4O/c1-13(2)10-11-24-20(28)12-19-14(3)25-22-21(15(4)26-27(22)16(19)5)17-6-8-18(23)9-7-17/h6-9,13H,10-12H2,1-5H3,(H,24,28). The normalized spacial score (nSPS) is 11.4. The molecule has 3 aromatic rings. The van der Waals surface area contributed by atoms with Crippen LogP contribution in [0.15, 0.2) is 24.3 Å². The van der Waals surface area contributed by atoms with E-state index in [1.165, 1.54) is 12.1 Å². The SMILES string of the molecule is Cc1nc2c(-c3ccc(F)cc3)c(C)nn2c(C)c1CC(=O)NCCC(C)C. The maximum atomic E-state index is 13.3. The molecule has 1 aromatic carbocycles. The molecule has 0 bridgehead atoms. The van der Waals surface area contributed by atoms with Gasteiger partial charge in [0, 0.05) is 29.1 Å². The van der Waals surface area contributed by atoms with Crippen LogP contribution in [0, 0.1) is 32.5 Å². The zero-order chi connectivity index (χ0) is 20.4. The number of aromatic nitrogens is 3. The molecular weight excluding hydrogens is 355 g/mol. The van der Waals surface area contributed by atoms with E-state index in [1.54, 1.807) is 16.6 Å². The number of benzene rings is 1. The van der Waals surface area contributed by atoms with Crippen LogP contribution in [-0.4, -0.2) is 27.0 Å². The summed E-state index contributed by atoms with van der Waals surface area (Å²) in [4.78, 5) is 17.1. The first kappa shape index (κ1) is 20.0. The lowest BCUT2D eigenvalue weighted by atomic mass is 10.0. The number of nitrogens with zero attached hydrogens (tertiary/aromatic N) is 3. The third kappa shape index (κ3) is 4.06. The first-order valence-electron chi connectivity index (χ1n) is 9.66. The number of hydrogen-bond donors (Lipinski definition) is 1. The molecule has 3 rings (SSSR count). The highest BCUT2D eigenvalue weighted by atomic mass is 19.1. The number of amides is 1. The number of aryl methyl sites for hydroxylation is 3. The van der Waals surface area contributed by atoms with Crippen molar-refractivity contribution in [3.8, 4) is 11.1 Å². The van der Waals surface area contributed by atoms with Crippen molar-refractivity contribution in [3.63, 3.8) is 0 Å². The van der Waals surface area contributed by atoms with Crippen LogP contribution < -0.4 is 5.32 Å². The summed E-state index contributed by atoms with van der Waals surface area (Å²) in [6.07, 6.45) is 1.24. The predicted octanol–water partition coefficient (Wildman–Crippen LogP) is 4.17. The summed E-state index contributed by atoms with van der Waals surface area (Å²) < 4.78 is 15.1. The van der Waals surface area contributed by atoms with Crippen LogP contribution in [0.5, 0.6) is 0 Å². The molecular formula is C22H27FN4O. The van der Waals surface area contributed by atoms with E-state index in [2.05, 4.69) is 24.3 Å². The molecule has 0 radical (unpaired) electrons. The van der Waals surface area contributed by atoms with Gasteiger partial charge in [-0.15, -0.1) is 0 Å². The average molecular weight is 382 g/mol. The summed E-state index contributed by atoms with van der Waals surface area (Å²) in [6.45, 7) is 10.7. The Bertz CT molecular complexity index is 1010. The lowest BCUT2D eigenvalue weighted by Crippen LogP contribution is -2.27. The van der Waals surface area contributed by atoms with E-state index < -0.39 is 0 Å². The average Bonchev–Trinajstić information content (AvgIpc) is 2.95. The molecule has 0 fully saturated rings. The third-order valence-corrected chi connectivity index (χ3v) is 5.01. The number of carbonyl (C=O) groups excluding carboxylic acids is 1. The van der Waals surface area contributed by atoms with Gasteiger partial charge in [0.05, 0.1) is 12.1 Å². The molecule has 5 nitrogen and oxygen atoms in total. The number of hydrogen-bond acceptors (Lipinski definition) is 3. The number of carbonyl (C=O) groups is 1. The van der Waals surface area contributed by atoms with Crippen molar-refractivity contribution < 1.29 is 9.18 Å². The van der Waals surface area contributed by atoms with E-state index in [9.17, 15) is 9.18 Å². The van der Waals surface area contributed by atoms with Gasteiger partial charge in [0.2, 0.25) is 5.91 Å². The van der Waals surface area contributed by atoms with Crippen molar-refractivity contribution in [2.24, 2.45) is 5.92 Å². The van der Waals surface area contributed by atoms with Crippen LogP contribution in [0.4, 0.5) is 4.39 Å².